The molecular formula is C14H20Cl3NO. The predicted molar refractivity (Wildman–Crippen MR) is 84.0 cm³/mol. The monoisotopic (exact) mass is 323 g/mol. The van der Waals surface area contributed by atoms with Crippen molar-refractivity contribution in [2.24, 2.45) is 0 Å². The number of hydrogen-bond acceptors (Lipinski definition) is 2. The molecule has 0 spiro atoms. The van der Waals surface area contributed by atoms with E-state index in [1.807, 2.05) is 12.1 Å². The van der Waals surface area contributed by atoms with Crippen molar-refractivity contribution in [3.8, 4) is 5.75 Å². The van der Waals surface area contributed by atoms with Crippen LogP contribution in [-0.4, -0.2) is 35.9 Å². The normalized spacial score (nSPS) is 23.1. The topological polar surface area (TPSA) is 12.5 Å². The zero-order chi connectivity index (χ0) is 13.0. The van der Waals surface area contributed by atoms with Crippen LogP contribution in [0, 0.1) is 0 Å². The number of nitrogens with zero attached hydrogens (tertiary/aromatic N) is 1. The van der Waals surface area contributed by atoms with Gasteiger partial charge in [0.05, 0.1) is 7.11 Å². The van der Waals surface area contributed by atoms with Crippen LogP contribution in [0.3, 0.4) is 0 Å². The highest BCUT2D eigenvalue weighted by Crippen LogP contribution is 2.28. The van der Waals surface area contributed by atoms with E-state index >= 15 is 0 Å². The summed E-state index contributed by atoms with van der Waals surface area (Å²) < 4.78 is 5.17. The van der Waals surface area contributed by atoms with Gasteiger partial charge in [-0.3, -0.25) is 4.90 Å². The molecule has 19 heavy (non-hydrogen) atoms. The third-order valence-electron chi connectivity index (χ3n) is 3.65. The number of hydrogen-bond donors (Lipinski definition) is 0. The zero-order valence-corrected chi connectivity index (χ0v) is 13.3. The quantitative estimate of drug-likeness (QED) is 0.761. The van der Waals surface area contributed by atoms with Gasteiger partial charge in [0.2, 0.25) is 0 Å². The molecule has 2 atom stereocenters. The van der Waals surface area contributed by atoms with Gasteiger partial charge in [-0.1, -0.05) is 12.1 Å². The molecule has 1 aliphatic heterocycles. The van der Waals surface area contributed by atoms with Crippen molar-refractivity contribution < 1.29 is 4.74 Å². The molecule has 1 aromatic carbocycles. The average Bonchev–Trinajstić information content (AvgIpc) is 2.81. The molecular weight excluding hydrogens is 305 g/mol. The second-order valence-corrected chi connectivity index (χ2v) is 5.33. The van der Waals surface area contributed by atoms with Crippen LogP contribution < -0.4 is 4.74 Å². The van der Waals surface area contributed by atoms with Crippen molar-refractivity contribution in [2.75, 3.05) is 18.9 Å². The van der Waals surface area contributed by atoms with Crippen molar-refractivity contribution in [3.05, 3.63) is 29.8 Å². The van der Waals surface area contributed by atoms with Crippen LogP contribution in [0.5, 0.6) is 5.75 Å². The van der Waals surface area contributed by atoms with Crippen molar-refractivity contribution >= 4 is 35.6 Å². The van der Waals surface area contributed by atoms with E-state index in [4.69, 9.17) is 27.9 Å². The van der Waals surface area contributed by atoms with Crippen LogP contribution in [-0.2, 0) is 6.54 Å². The highest BCUT2D eigenvalue weighted by molar-refractivity contribution is 6.18. The third kappa shape index (κ3) is 4.16. The lowest BCUT2D eigenvalue weighted by molar-refractivity contribution is 0.209. The summed E-state index contributed by atoms with van der Waals surface area (Å²) in [5, 5.41) is 0. The van der Waals surface area contributed by atoms with E-state index in [1.54, 1.807) is 7.11 Å². The number of halogens is 3. The molecule has 1 fully saturated rings. The van der Waals surface area contributed by atoms with Gasteiger partial charge in [0.15, 0.2) is 0 Å². The summed E-state index contributed by atoms with van der Waals surface area (Å²) in [6.45, 7) is 0.915. The van der Waals surface area contributed by atoms with Crippen LogP contribution >= 0.6 is 35.6 Å². The van der Waals surface area contributed by atoms with Crippen molar-refractivity contribution in [1.29, 1.82) is 0 Å². The minimum atomic E-state index is 0. The third-order valence-corrected chi connectivity index (χ3v) is 4.36. The fourth-order valence-electron chi connectivity index (χ4n) is 2.55. The molecule has 0 bridgehead atoms. The second kappa shape index (κ2) is 8.21. The highest BCUT2D eigenvalue weighted by atomic mass is 35.5. The van der Waals surface area contributed by atoms with Crippen molar-refractivity contribution in [2.45, 2.75) is 31.5 Å². The van der Waals surface area contributed by atoms with Gasteiger partial charge in [0.25, 0.3) is 0 Å². The van der Waals surface area contributed by atoms with E-state index in [9.17, 15) is 0 Å². The molecule has 5 heteroatoms. The highest BCUT2D eigenvalue weighted by Gasteiger charge is 2.31. The maximum Gasteiger partial charge on any atom is 0.118 e. The lowest BCUT2D eigenvalue weighted by Crippen LogP contribution is -2.37. The fraction of sp³-hybridized carbons (Fsp3) is 0.571. The number of alkyl halides is 2. The Balaban J connectivity index is 0.00000180. The van der Waals surface area contributed by atoms with Gasteiger partial charge in [-0.05, 0) is 30.5 Å². The van der Waals surface area contributed by atoms with E-state index in [0.29, 0.717) is 23.8 Å². The Hall–Kier alpha value is -0.150. The summed E-state index contributed by atoms with van der Waals surface area (Å²) in [6, 6.07) is 9.12. The first-order valence-electron chi connectivity index (χ1n) is 6.29. The summed E-state index contributed by atoms with van der Waals surface area (Å²) in [5.74, 6) is 2.26. The molecule has 1 aromatic rings. The Kier molecular flexibility index (Phi) is 7.30. The zero-order valence-electron chi connectivity index (χ0n) is 11.0. The summed E-state index contributed by atoms with van der Waals surface area (Å²) in [4.78, 5) is 2.43. The first-order chi connectivity index (χ1) is 8.78. The van der Waals surface area contributed by atoms with E-state index in [1.165, 1.54) is 5.56 Å². The van der Waals surface area contributed by atoms with Crippen LogP contribution in [0.2, 0.25) is 0 Å². The molecule has 2 unspecified atom stereocenters. The Bertz CT molecular complexity index is 359. The van der Waals surface area contributed by atoms with Crippen LogP contribution in [0.1, 0.15) is 18.4 Å². The number of ether oxygens (including phenoxy) is 1. The Morgan fingerprint density at radius 1 is 1.11 bits per heavy atom. The smallest absolute Gasteiger partial charge is 0.118 e. The van der Waals surface area contributed by atoms with Gasteiger partial charge in [-0.2, -0.15) is 0 Å². The minimum absolute atomic E-state index is 0. The number of rotatable bonds is 5. The first-order valence-corrected chi connectivity index (χ1v) is 7.36. The standard InChI is InChI=1S/C14H19Cl2NO.ClH/c1-18-14-6-2-11(3-7-14)10-17-12(8-15)4-5-13(17)9-16;/h2-3,6-7,12-13H,4-5,8-10H2,1H3;1H. The molecule has 0 N–H and O–H groups in total. The summed E-state index contributed by atoms with van der Waals surface area (Å²) in [6.07, 6.45) is 2.30. The van der Waals surface area contributed by atoms with Gasteiger partial charge in [-0.15, -0.1) is 35.6 Å². The molecule has 1 aliphatic rings. The largest absolute Gasteiger partial charge is 0.497 e. The Morgan fingerprint density at radius 2 is 1.63 bits per heavy atom. The Labute approximate surface area is 131 Å². The SMILES string of the molecule is COc1ccc(CN2C(CCl)CCC2CCl)cc1.Cl. The van der Waals surface area contributed by atoms with Crippen molar-refractivity contribution in [1.82, 2.24) is 4.90 Å². The lowest BCUT2D eigenvalue weighted by Gasteiger charge is -2.28. The molecule has 0 radical (unpaired) electrons. The molecule has 0 amide bonds. The molecule has 2 nitrogen and oxygen atoms in total. The molecule has 2 rings (SSSR count). The summed E-state index contributed by atoms with van der Waals surface area (Å²) in [7, 11) is 1.68. The van der Waals surface area contributed by atoms with Crippen LogP contribution in [0.4, 0.5) is 0 Å². The number of benzene rings is 1. The number of methoxy groups -OCH3 is 1. The molecule has 0 aliphatic carbocycles. The Morgan fingerprint density at radius 3 is 2.05 bits per heavy atom. The van der Waals surface area contributed by atoms with Crippen LogP contribution in [0.25, 0.3) is 0 Å². The van der Waals surface area contributed by atoms with E-state index < -0.39 is 0 Å². The average molecular weight is 325 g/mol. The van der Waals surface area contributed by atoms with E-state index in [0.717, 1.165) is 25.1 Å². The predicted octanol–water partition coefficient (Wildman–Crippen LogP) is 3.93. The van der Waals surface area contributed by atoms with E-state index in [-0.39, 0.29) is 12.4 Å². The van der Waals surface area contributed by atoms with Gasteiger partial charge in [0, 0.05) is 30.4 Å². The van der Waals surface area contributed by atoms with Gasteiger partial charge >= 0.3 is 0 Å². The molecule has 108 valence electrons. The molecule has 1 heterocycles. The summed E-state index contributed by atoms with van der Waals surface area (Å²) in [5.41, 5.74) is 1.28. The molecule has 0 aromatic heterocycles. The lowest BCUT2D eigenvalue weighted by atomic mass is 10.2. The minimum Gasteiger partial charge on any atom is -0.497 e. The fourth-order valence-corrected chi connectivity index (χ4v) is 3.21. The maximum atomic E-state index is 6.03. The summed E-state index contributed by atoms with van der Waals surface area (Å²) >= 11 is 12.1. The van der Waals surface area contributed by atoms with Gasteiger partial charge < -0.3 is 4.74 Å². The molecule has 1 saturated heterocycles. The van der Waals surface area contributed by atoms with Gasteiger partial charge in [-0.25, -0.2) is 0 Å². The van der Waals surface area contributed by atoms with Gasteiger partial charge in [0.1, 0.15) is 5.75 Å². The maximum absolute atomic E-state index is 6.03. The van der Waals surface area contributed by atoms with Crippen molar-refractivity contribution in [3.63, 3.8) is 0 Å². The van der Waals surface area contributed by atoms with E-state index in [2.05, 4.69) is 17.0 Å². The number of likely N-dealkylation sites (tertiary alicyclic amines) is 1. The second-order valence-electron chi connectivity index (χ2n) is 4.71. The molecule has 0 saturated carbocycles. The first kappa shape index (κ1) is 16.9. The van der Waals surface area contributed by atoms with Crippen LogP contribution in [0.15, 0.2) is 24.3 Å².